The quantitative estimate of drug-likeness (QED) is 0.598. The fourth-order valence-corrected chi connectivity index (χ4v) is 1.78. The SMILES string of the molecule is Cc1noc2c(C=O)c(I)ccc12. The maximum absolute atomic E-state index is 10.8. The lowest BCUT2D eigenvalue weighted by Gasteiger charge is -1.95. The number of benzene rings is 1. The van der Waals surface area contributed by atoms with Gasteiger partial charge in [0.1, 0.15) is 0 Å². The van der Waals surface area contributed by atoms with Gasteiger partial charge in [-0.3, -0.25) is 4.79 Å². The van der Waals surface area contributed by atoms with Crippen molar-refractivity contribution in [2.75, 3.05) is 0 Å². The Kier molecular flexibility index (Phi) is 2.07. The Balaban J connectivity index is 2.92. The van der Waals surface area contributed by atoms with Gasteiger partial charge in [-0.1, -0.05) is 5.16 Å². The van der Waals surface area contributed by atoms with E-state index in [4.69, 9.17) is 4.52 Å². The van der Waals surface area contributed by atoms with Crippen molar-refractivity contribution in [3.63, 3.8) is 0 Å². The van der Waals surface area contributed by atoms with Crippen molar-refractivity contribution in [1.29, 1.82) is 0 Å². The van der Waals surface area contributed by atoms with E-state index < -0.39 is 0 Å². The smallest absolute Gasteiger partial charge is 0.178 e. The fourth-order valence-electron chi connectivity index (χ4n) is 1.23. The van der Waals surface area contributed by atoms with Crippen LogP contribution in [0.25, 0.3) is 11.0 Å². The van der Waals surface area contributed by atoms with Crippen LogP contribution in [0.4, 0.5) is 0 Å². The highest BCUT2D eigenvalue weighted by atomic mass is 127. The Morgan fingerprint density at radius 2 is 2.31 bits per heavy atom. The average molecular weight is 287 g/mol. The van der Waals surface area contributed by atoms with Gasteiger partial charge in [0.25, 0.3) is 0 Å². The standard InChI is InChI=1S/C9H6INO2/c1-5-6-2-3-8(10)7(4-12)9(6)13-11-5/h2-4H,1H3. The fraction of sp³-hybridized carbons (Fsp3) is 0.111. The molecular formula is C9H6INO2. The number of rotatable bonds is 1. The van der Waals surface area contributed by atoms with Crippen LogP contribution in [0.5, 0.6) is 0 Å². The molecule has 0 aliphatic heterocycles. The highest BCUT2D eigenvalue weighted by Gasteiger charge is 2.11. The molecule has 1 aromatic heterocycles. The van der Waals surface area contributed by atoms with Crippen molar-refractivity contribution in [2.45, 2.75) is 6.92 Å². The number of nitrogens with zero attached hydrogens (tertiary/aromatic N) is 1. The van der Waals surface area contributed by atoms with Crippen molar-refractivity contribution >= 4 is 39.8 Å². The van der Waals surface area contributed by atoms with Gasteiger partial charge in [0, 0.05) is 8.96 Å². The van der Waals surface area contributed by atoms with E-state index in [1.54, 1.807) is 0 Å². The predicted molar refractivity (Wildman–Crippen MR) is 56.9 cm³/mol. The number of aromatic nitrogens is 1. The zero-order chi connectivity index (χ0) is 9.42. The zero-order valence-corrected chi connectivity index (χ0v) is 9.03. The van der Waals surface area contributed by atoms with Crippen LogP contribution in [0.3, 0.4) is 0 Å². The molecule has 0 fully saturated rings. The number of aryl methyl sites for hydroxylation is 1. The third-order valence-corrected chi connectivity index (χ3v) is 2.87. The first-order valence-electron chi connectivity index (χ1n) is 3.73. The molecule has 0 saturated carbocycles. The van der Waals surface area contributed by atoms with Gasteiger partial charge >= 0.3 is 0 Å². The molecule has 0 N–H and O–H groups in total. The summed E-state index contributed by atoms with van der Waals surface area (Å²) < 4.78 is 5.95. The third-order valence-electron chi connectivity index (χ3n) is 1.92. The highest BCUT2D eigenvalue weighted by molar-refractivity contribution is 14.1. The second-order valence-corrected chi connectivity index (χ2v) is 3.89. The molecule has 1 heterocycles. The van der Waals surface area contributed by atoms with E-state index in [0.717, 1.165) is 20.9 Å². The maximum atomic E-state index is 10.8. The normalized spacial score (nSPS) is 10.6. The molecule has 66 valence electrons. The summed E-state index contributed by atoms with van der Waals surface area (Å²) in [7, 11) is 0. The summed E-state index contributed by atoms with van der Waals surface area (Å²) in [6.07, 6.45) is 0.800. The molecule has 0 bridgehead atoms. The van der Waals surface area contributed by atoms with Crippen LogP contribution in [0.2, 0.25) is 0 Å². The Morgan fingerprint density at radius 1 is 1.54 bits per heavy atom. The largest absolute Gasteiger partial charge is 0.355 e. The molecule has 0 amide bonds. The molecule has 0 unspecified atom stereocenters. The van der Waals surface area contributed by atoms with Gasteiger partial charge in [0.15, 0.2) is 11.9 Å². The zero-order valence-electron chi connectivity index (χ0n) is 6.87. The Labute approximate surface area is 88.2 Å². The molecule has 4 heteroatoms. The molecule has 0 aliphatic rings. The maximum Gasteiger partial charge on any atom is 0.178 e. The van der Waals surface area contributed by atoms with E-state index in [0.29, 0.717) is 11.1 Å². The molecule has 3 nitrogen and oxygen atoms in total. The number of aldehydes is 1. The molecule has 0 aliphatic carbocycles. The number of fused-ring (bicyclic) bond motifs is 1. The number of carbonyl (C=O) groups is 1. The summed E-state index contributed by atoms with van der Waals surface area (Å²) in [4.78, 5) is 10.8. The van der Waals surface area contributed by atoms with Crippen molar-refractivity contribution in [1.82, 2.24) is 5.16 Å². The molecule has 13 heavy (non-hydrogen) atoms. The number of hydrogen-bond acceptors (Lipinski definition) is 3. The Hall–Kier alpha value is -0.910. The van der Waals surface area contributed by atoms with E-state index in [-0.39, 0.29) is 0 Å². The third kappa shape index (κ3) is 1.25. The van der Waals surface area contributed by atoms with E-state index in [1.165, 1.54) is 0 Å². The second kappa shape index (κ2) is 3.10. The minimum Gasteiger partial charge on any atom is -0.355 e. The molecule has 2 rings (SSSR count). The number of carbonyl (C=O) groups excluding carboxylic acids is 1. The minimum atomic E-state index is 0.582. The molecule has 1 aromatic carbocycles. The Bertz CT molecular complexity index is 476. The molecule has 0 radical (unpaired) electrons. The van der Waals surface area contributed by atoms with Gasteiger partial charge in [-0.2, -0.15) is 0 Å². The molecule has 0 spiro atoms. The second-order valence-electron chi connectivity index (χ2n) is 2.72. The first-order chi connectivity index (χ1) is 6.24. The first-order valence-corrected chi connectivity index (χ1v) is 4.81. The average Bonchev–Trinajstić information content (AvgIpc) is 2.48. The van der Waals surface area contributed by atoms with Crippen molar-refractivity contribution < 1.29 is 9.32 Å². The summed E-state index contributed by atoms with van der Waals surface area (Å²) in [6, 6.07) is 3.80. The van der Waals surface area contributed by atoms with Gasteiger partial charge in [-0.15, -0.1) is 0 Å². The van der Waals surface area contributed by atoms with Gasteiger partial charge in [-0.25, -0.2) is 0 Å². The van der Waals surface area contributed by atoms with Crippen LogP contribution in [0.15, 0.2) is 16.7 Å². The summed E-state index contributed by atoms with van der Waals surface area (Å²) in [6.45, 7) is 1.85. The van der Waals surface area contributed by atoms with Crippen LogP contribution >= 0.6 is 22.6 Å². The Morgan fingerprint density at radius 3 is 3.00 bits per heavy atom. The summed E-state index contributed by atoms with van der Waals surface area (Å²) in [5.74, 6) is 0. The monoisotopic (exact) mass is 287 g/mol. The van der Waals surface area contributed by atoms with Crippen LogP contribution in [0.1, 0.15) is 16.1 Å². The molecule has 2 aromatic rings. The molecule has 0 atom stereocenters. The lowest BCUT2D eigenvalue weighted by atomic mass is 10.1. The van der Waals surface area contributed by atoms with Crippen molar-refractivity contribution in [3.8, 4) is 0 Å². The lowest BCUT2D eigenvalue weighted by Crippen LogP contribution is -1.85. The highest BCUT2D eigenvalue weighted by Crippen LogP contribution is 2.24. The molecule has 0 saturated heterocycles. The topological polar surface area (TPSA) is 43.1 Å². The van der Waals surface area contributed by atoms with Crippen LogP contribution < -0.4 is 0 Å². The summed E-state index contributed by atoms with van der Waals surface area (Å²) in [5.41, 5.74) is 1.98. The van der Waals surface area contributed by atoms with Crippen LogP contribution in [-0.2, 0) is 0 Å². The van der Waals surface area contributed by atoms with E-state index in [9.17, 15) is 4.79 Å². The van der Waals surface area contributed by atoms with Gasteiger partial charge in [0.2, 0.25) is 0 Å². The van der Waals surface area contributed by atoms with Crippen LogP contribution in [0, 0.1) is 10.5 Å². The van der Waals surface area contributed by atoms with E-state index >= 15 is 0 Å². The number of halogens is 1. The predicted octanol–water partition coefficient (Wildman–Crippen LogP) is 2.55. The summed E-state index contributed by atoms with van der Waals surface area (Å²) in [5, 5.41) is 4.71. The molecular weight excluding hydrogens is 281 g/mol. The van der Waals surface area contributed by atoms with Crippen molar-refractivity contribution in [3.05, 3.63) is 27.0 Å². The van der Waals surface area contributed by atoms with Crippen LogP contribution in [-0.4, -0.2) is 11.4 Å². The summed E-state index contributed by atoms with van der Waals surface area (Å²) >= 11 is 2.10. The van der Waals surface area contributed by atoms with E-state index in [1.807, 2.05) is 19.1 Å². The lowest BCUT2D eigenvalue weighted by molar-refractivity contribution is 0.112. The van der Waals surface area contributed by atoms with Gasteiger partial charge < -0.3 is 4.52 Å². The van der Waals surface area contributed by atoms with Gasteiger partial charge in [0.05, 0.1) is 11.3 Å². The van der Waals surface area contributed by atoms with Crippen molar-refractivity contribution in [2.24, 2.45) is 0 Å². The minimum absolute atomic E-state index is 0.582. The van der Waals surface area contributed by atoms with E-state index in [2.05, 4.69) is 27.7 Å². The number of hydrogen-bond donors (Lipinski definition) is 0. The van der Waals surface area contributed by atoms with Gasteiger partial charge in [-0.05, 0) is 41.6 Å². The first kappa shape index (κ1) is 8.68.